The van der Waals surface area contributed by atoms with E-state index in [0.29, 0.717) is 34.1 Å². The zero-order valence-corrected chi connectivity index (χ0v) is 17.0. The number of methoxy groups -OCH3 is 2. The number of anilines is 1. The Morgan fingerprint density at radius 1 is 1.14 bits per heavy atom. The Morgan fingerprint density at radius 3 is 2.55 bits per heavy atom. The average molecular weight is 416 g/mol. The van der Waals surface area contributed by atoms with E-state index < -0.39 is 0 Å². The SMILES string of the molecule is COc1ccc(/C(C)=N/Nc2nnc(SCc3ccc(F)cc3)n2N)cc1OC. The van der Waals surface area contributed by atoms with Crippen molar-refractivity contribution < 1.29 is 13.9 Å². The van der Waals surface area contributed by atoms with Gasteiger partial charge in [0.1, 0.15) is 5.82 Å². The highest BCUT2D eigenvalue weighted by atomic mass is 32.2. The molecule has 1 aromatic heterocycles. The van der Waals surface area contributed by atoms with Crippen LogP contribution in [-0.4, -0.2) is 34.8 Å². The molecule has 0 atom stereocenters. The summed E-state index contributed by atoms with van der Waals surface area (Å²) < 4.78 is 24.9. The van der Waals surface area contributed by atoms with Crippen LogP contribution in [0.2, 0.25) is 0 Å². The lowest BCUT2D eigenvalue weighted by molar-refractivity contribution is 0.355. The van der Waals surface area contributed by atoms with E-state index in [4.69, 9.17) is 15.3 Å². The molecule has 1 heterocycles. The molecule has 0 saturated heterocycles. The van der Waals surface area contributed by atoms with Gasteiger partial charge in [0.2, 0.25) is 5.16 Å². The summed E-state index contributed by atoms with van der Waals surface area (Å²) in [4.78, 5) is 0. The molecule has 0 aliphatic heterocycles. The number of hydrogen-bond acceptors (Lipinski definition) is 8. The third-order valence-electron chi connectivity index (χ3n) is 4.07. The van der Waals surface area contributed by atoms with Gasteiger partial charge in [0.05, 0.1) is 19.9 Å². The van der Waals surface area contributed by atoms with Gasteiger partial charge in [0, 0.05) is 11.3 Å². The summed E-state index contributed by atoms with van der Waals surface area (Å²) in [5, 5.41) is 12.9. The van der Waals surface area contributed by atoms with Crippen molar-refractivity contribution >= 4 is 23.4 Å². The Bertz CT molecular complexity index is 1010. The van der Waals surface area contributed by atoms with Crippen molar-refractivity contribution in [2.24, 2.45) is 5.10 Å². The second kappa shape index (κ2) is 9.28. The molecule has 0 bridgehead atoms. The minimum absolute atomic E-state index is 0.269. The fraction of sp³-hybridized carbons (Fsp3) is 0.211. The van der Waals surface area contributed by atoms with Crippen LogP contribution in [0.4, 0.5) is 10.3 Å². The van der Waals surface area contributed by atoms with E-state index in [1.54, 1.807) is 26.4 Å². The summed E-state index contributed by atoms with van der Waals surface area (Å²) in [5.74, 6) is 7.91. The van der Waals surface area contributed by atoms with E-state index >= 15 is 0 Å². The second-order valence-electron chi connectivity index (χ2n) is 5.97. The maximum Gasteiger partial charge on any atom is 0.264 e. The van der Waals surface area contributed by atoms with E-state index in [0.717, 1.165) is 11.1 Å². The molecule has 3 rings (SSSR count). The van der Waals surface area contributed by atoms with Crippen molar-refractivity contribution in [1.29, 1.82) is 0 Å². The molecule has 0 radical (unpaired) electrons. The smallest absolute Gasteiger partial charge is 0.264 e. The van der Waals surface area contributed by atoms with Gasteiger partial charge < -0.3 is 15.3 Å². The number of aromatic nitrogens is 3. The van der Waals surface area contributed by atoms with Gasteiger partial charge in [0.15, 0.2) is 11.5 Å². The number of benzene rings is 2. The number of ether oxygens (including phenoxy) is 2. The standard InChI is InChI=1S/C19H21FN6O2S/c1-12(14-6-9-16(27-2)17(10-14)28-3)22-23-18-24-25-19(26(18)21)29-11-13-4-7-15(20)8-5-13/h4-10H,11,21H2,1-3H3,(H,23,24)/b22-12+. The lowest BCUT2D eigenvalue weighted by atomic mass is 10.1. The maximum absolute atomic E-state index is 13.0. The van der Waals surface area contributed by atoms with Crippen molar-refractivity contribution in [3.63, 3.8) is 0 Å². The second-order valence-corrected chi connectivity index (χ2v) is 6.91. The number of rotatable bonds is 8. The van der Waals surface area contributed by atoms with Crippen LogP contribution in [0.1, 0.15) is 18.1 Å². The lowest BCUT2D eigenvalue weighted by Crippen LogP contribution is -2.14. The van der Waals surface area contributed by atoms with E-state index in [2.05, 4.69) is 20.7 Å². The molecular weight excluding hydrogens is 395 g/mol. The first-order chi connectivity index (χ1) is 14.0. The van der Waals surface area contributed by atoms with Gasteiger partial charge in [-0.1, -0.05) is 23.9 Å². The van der Waals surface area contributed by atoms with Gasteiger partial charge in [-0.05, 0) is 42.8 Å². The quantitative estimate of drug-likeness (QED) is 0.252. The first-order valence-electron chi connectivity index (χ1n) is 8.62. The van der Waals surface area contributed by atoms with Crippen LogP contribution in [-0.2, 0) is 5.75 Å². The first kappa shape index (κ1) is 20.5. The van der Waals surface area contributed by atoms with Gasteiger partial charge >= 0.3 is 0 Å². The molecule has 0 amide bonds. The molecule has 3 aromatic rings. The van der Waals surface area contributed by atoms with Gasteiger partial charge in [0.25, 0.3) is 5.95 Å². The fourth-order valence-corrected chi connectivity index (χ4v) is 3.25. The van der Waals surface area contributed by atoms with Gasteiger partial charge in [-0.2, -0.15) is 5.10 Å². The Balaban J connectivity index is 1.67. The molecular formula is C19H21FN6O2S. The number of hydrazone groups is 1. The van der Waals surface area contributed by atoms with Crippen LogP contribution in [0.25, 0.3) is 0 Å². The molecule has 0 aliphatic rings. The van der Waals surface area contributed by atoms with Crippen molar-refractivity contribution in [3.05, 3.63) is 59.4 Å². The molecule has 10 heteroatoms. The third kappa shape index (κ3) is 4.96. The highest BCUT2D eigenvalue weighted by Crippen LogP contribution is 2.28. The molecule has 0 saturated carbocycles. The summed E-state index contributed by atoms with van der Waals surface area (Å²) >= 11 is 1.39. The summed E-state index contributed by atoms with van der Waals surface area (Å²) in [5.41, 5.74) is 5.33. The number of nitrogens with one attached hydrogen (secondary N) is 1. The fourth-order valence-electron chi connectivity index (χ4n) is 2.44. The van der Waals surface area contributed by atoms with Crippen molar-refractivity contribution in [1.82, 2.24) is 14.9 Å². The van der Waals surface area contributed by atoms with E-state index in [9.17, 15) is 4.39 Å². The molecule has 0 spiro atoms. The van der Waals surface area contributed by atoms with E-state index in [-0.39, 0.29) is 5.82 Å². The first-order valence-corrected chi connectivity index (χ1v) is 9.60. The monoisotopic (exact) mass is 416 g/mol. The number of nitrogens with two attached hydrogens (primary N) is 1. The molecule has 0 unspecified atom stereocenters. The van der Waals surface area contributed by atoms with Crippen molar-refractivity contribution in [2.45, 2.75) is 17.8 Å². The lowest BCUT2D eigenvalue weighted by Gasteiger charge is -2.09. The van der Waals surface area contributed by atoms with Gasteiger partial charge in [-0.15, -0.1) is 10.2 Å². The summed E-state index contributed by atoms with van der Waals surface area (Å²) in [6.45, 7) is 1.84. The maximum atomic E-state index is 13.0. The number of thioether (sulfide) groups is 1. The number of halogens is 1. The van der Waals surface area contributed by atoms with E-state index in [1.807, 2.05) is 25.1 Å². The van der Waals surface area contributed by atoms with Crippen molar-refractivity contribution in [2.75, 3.05) is 25.5 Å². The Labute approximate surface area is 171 Å². The number of hydrogen-bond donors (Lipinski definition) is 2. The summed E-state index contributed by atoms with van der Waals surface area (Å²) in [6.07, 6.45) is 0. The predicted octanol–water partition coefficient (Wildman–Crippen LogP) is 3.28. The summed E-state index contributed by atoms with van der Waals surface area (Å²) in [7, 11) is 3.16. The molecule has 3 N–H and O–H groups in total. The Hall–Kier alpha value is -3.27. The zero-order chi connectivity index (χ0) is 20.8. The van der Waals surface area contributed by atoms with Crippen LogP contribution < -0.4 is 20.7 Å². The minimum atomic E-state index is -0.269. The van der Waals surface area contributed by atoms with Gasteiger partial charge in [-0.25, -0.2) is 14.5 Å². The molecule has 29 heavy (non-hydrogen) atoms. The number of nitrogen functional groups attached to an aromatic ring is 1. The molecule has 2 aromatic carbocycles. The highest BCUT2D eigenvalue weighted by molar-refractivity contribution is 7.98. The van der Waals surface area contributed by atoms with Gasteiger partial charge in [-0.3, -0.25) is 0 Å². The average Bonchev–Trinajstić information content (AvgIpc) is 3.10. The molecule has 0 fully saturated rings. The Morgan fingerprint density at radius 2 is 1.86 bits per heavy atom. The van der Waals surface area contributed by atoms with Crippen molar-refractivity contribution in [3.8, 4) is 11.5 Å². The normalized spacial score (nSPS) is 11.4. The largest absolute Gasteiger partial charge is 0.493 e. The van der Waals surface area contributed by atoms with Crippen LogP contribution in [0.3, 0.4) is 0 Å². The zero-order valence-electron chi connectivity index (χ0n) is 16.2. The Kier molecular flexibility index (Phi) is 6.55. The topological polar surface area (TPSA) is 99.6 Å². The van der Waals surface area contributed by atoms with Crippen LogP contribution in [0.15, 0.2) is 52.7 Å². The number of nitrogens with zero attached hydrogens (tertiary/aromatic N) is 4. The molecule has 8 nitrogen and oxygen atoms in total. The third-order valence-corrected chi connectivity index (χ3v) is 5.08. The minimum Gasteiger partial charge on any atom is -0.493 e. The molecule has 152 valence electrons. The highest BCUT2D eigenvalue weighted by Gasteiger charge is 2.11. The summed E-state index contributed by atoms with van der Waals surface area (Å²) in [6, 6.07) is 11.8. The van der Waals surface area contributed by atoms with E-state index in [1.165, 1.54) is 28.6 Å². The van der Waals surface area contributed by atoms with Crippen LogP contribution >= 0.6 is 11.8 Å². The molecule has 0 aliphatic carbocycles. The van der Waals surface area contributed by atoms with Crippen LogP contribution in [0, 0.1) is 5.82 Å². The van der Waals surface area contributed by atoms with Crippen LogP contribution in [0.5, 0.6) is 11.5 Å². The predicted molar refractivity (Wildman–Crippen MR) is 112 cm³/mol.